The summed E-state index contributed by atoms with van der Waals surface area (Å²) in [5.41, 5.74) is 2.73. The summed E-state index contributed by atoms with van der Waals surface area (Å²) in [7, 11) is 0. The van der Waals surface area contributed by atoms with Gasteiger partial charge in [-0.3, -0.25) is 0 Å². The van der Waals surface area contributed by atoms with Crippen molar-refractivity contribution < 1.29 is 34.7 Å². The molecule has 1 aromatic carbocycles. The van der Waals surface area contributed by atoms with Crippen molar-refractivity contribution in [3.63, 3.8) is 0 Å². The first kappa shape index (κ1) is 12.3. The molecular formula is C11H11N2NaO. The van der Waals surface area contributed by atoms with Crippen LogP contribution >= 0.6 is 0 Å². The molecule has 0 saturated heterocycles. The van der Waals surface area contributed by atoms with E-state index in [-0.39, 0.29) is 35.4 Å². The molecule has 15 heavy (non-hydrogen) atoms. The summed E-state index contributed by atoms with van der Waals surface area (Å²) in [6.45, 7) is 3.82. The van der Waals surface area contributed by atoms with E-state index in [4.69, 9.17) is 0 Å². The third kappa shape index (κ3) is 2.62. The normalized spacial score (nSPS) is 9.73. The Morgan fingerprint density at radius 2 is 1.73 bits per heavy atom. The van der Waals surface area contributed by atoms with Gasteiger partial charge in [0.1, 0.15) is 0 Å². The van der Waals surface area contributed by atoms with E-state index in [0.29, 0.717) is 0 Å². The van der Waals surface area contributed by atoms with Gasteiger partial charge in [-0.15, -0.1) is 0 Å². The van der Waals surface area contributed by atoms with E-state index in [1.54, 1.807) is 0 Å². The van der Waals surface area contributed by atoms with Gasteiger partial charge < -0.3 is 5.11 Å². The fourth-order valence-electron chi connectivity index (χ4n) is 1.35. The van der Waals surface area contributed by atoms with Crippen LogP contribution in [0.5, 0.6) is 5.88 Å². The van der Waals surface area contributed by atoms with Crippen LogP contribution in [0.1, 0.15) is 11.3 Å². The van der Waals surface area contributed by atoms with Gasteiger partial charge >= 0.3 is 29.6 Å². The number of rotatable bonds is 1. The Kier molecular flexibility index (Phi) is 3.97. The Morgan fingerprint density at radius 1 is 1.13 bits per heavy atom. The molecular weight excluding hydrogens is 199 g/mol. The Morgan fingerprint density at radius 3 is 2.20 bits per heavy atom. The van der Waals surface area contributed by atoms with Crippen molar-refractivity contribution in [1.82, 2.24) is 9.78 Å². The van der Waals surface area contributed by atoms with Gasteiger partial charge in [-0.2, -0.15) is 5.10 Å². The number of hydrogen-bond donors (Lipinski definition) is 0. The first-order valence-electron chi connectivity index (χ1n) is 4.47. The summed E-state index contributed by atoms with van der Waals surface area (Å²) >= 11 is 0. The summed E-state index contributed by atoms with van der Waals surface area (Å²) < 4.78 is 1.41. The molecule has 2 rings (SSSR count). The average Bonchev–Trinajstić information content (AvgIpc) is 2.47. The van der Waals surface area contributed by atoms with Crippen molar-refractivity contribution in [2.75, 3.05) is 0 Å². The molecule has 0 aliphatic heterocycles. The van der Waals surface area contributed by atoms with Crippen LogP contribution in [0.4, 0.5) is 0 Å². The zero-order valence-electron chi connectivity index (χ0n) is 9.19. The molecule has 0 radical (unpaired) electrons. The molecule has 3 nitrogen and oxygen atoms in total. The van der Waals surface area contributed by atoms with Crippen molar-refractivity contribution in [3.8, 4) is 11.6 Å². The Balaban J connectivity index is 0.00000112. The molecule has 0 bridgehead atoms. The van der Waals surface area contributed by atoms with Gasteiger partial charge in [0.2, 0.25) is 0 Å². The summed E-state index contributed by atoms with van der Waals surface area (Å²) in [5, 5.41) is 15.5. The van der Waals surface area contributed by atoms with E-state index in [1.807, 2.05) is 38.1 Å². The average molecular weight is 210 g/mol. The van der Waals surface area contributed by atoms with Crippen LogP contribution in [0.15, 0.2) is 30.3 Å². The van der Waals surface area contributed by atoms with Gasteiger partial charge in [0.15, 0.2) is 0 Å². The third-order valence-electron chi connectivity index (χ3n) is 2.08. The maximum Gasteiger partial charge on any atom is 1.00 e. The number of aromatic nitrogens is 2. The smallest absolute Gasteiger partial charge is 0.859 e. The molecule has 0 atom stereocenters. The van der Waals surface area contributed by atoms with Crippen molar-refractivity contribution in [1.29, 1.82) is 0 Å². The predicted octanol–water partition coefficient (Wildman–Crippen LogP) is -1.43. The second kappa shape index (κ2) is 4.84. The van der Waals surface area contributed by atoms with Crippen LogP contribution in [0.3, 0.4) is 0 Å². The van der Waals surface area contributed by atoms with Crippen molar-refractivity contribution >= 4 is 0 Å². The summed E-state index contributed by atoms with van der Waals surface area (Å²) in [4.78, 5) is 0. The minimum Gasteiger partial charge on any atom is -0.859 e. The SMILES string of the molecule is Cc1ccc(-n2nc(C)cc2[O-])cc1.[Na+]. The van der Waals surface area contributed by atoms with E-state index < -0.39 is 0 Å². The fraction of sp³-hybridized carbons (Fsp3) is 0.182. The topological polar surface area (TPSA) is 40.9 Å². The zero-order valence-corrected chi connectivity index (χ0v) is 11.2. The molecule has 0 fully saturated rings. The van der Waals surface area contributed by atoms with Crippen LogP contribution in [-0.4, -0.2) is 9.78 Å². The van der Waals surface area contributed by atoms with Gasteiger partial charge in [-0.05, 0) is 37.9 Å². The molecule has 1 heterocycles. The van der Waals surface area contributed by atoms with Gasteiger partial charge in [-0.1, -0.05) is 17.7 Å². The number of hydrogen-bond acceptors (Lipinski definition) is 2. The van der Waals surface area contributed by atoms with Crippen molar-refractivity contribution in [2.45, 2.75) is 13.8 Å². The molecule has 72 valence electrons. The fourth-order valence-corrected chi connectivity index (χ4v) is 1.35. The van der Waals surface area contributed by atoms with Crippen molar-refractivity contribution in [2.24, 2.45) is 0 Å². The van der Waals surface area contributed by atoms with Gasteiger partial charge in [-0.25, -0.2) is 4.68 Å². The Hall–Kier alpha value is -0.770. The standard InChI is InChI=1S/C11H12N2O.Na/c1-8-3-5-10(6-4-8)13-11(14)7-9(2)12-13;/h3-7,14H,1-2H3;/q;+1/p-1. The molecule has 1 aromatic heterocycles. The first-order valence-corrected chi connectivity index (χ1v) is 4.47. The van der Waals surface area contributed by atoms with Crippen LogP contribution in [0.25, 0.3) is 5.69 Å². The van der Waals surface area contributed by atoms with E-state index >= 15 is 0 Å². The Labute approximate surface area is 111 Å². The van der Waals surface area contributed by atoms with Gasteiger partial charge in [0.25, 0.3) is 0 Å². The molecule has 0 amide bonds. The van der Waals surface area contributed by atoms with Gasteiger partial charge in [0.05, 0.1) is 11.4 Å². The van der Waals surface area contributed by atoms with Crippen molar-refractivity contribution in [3.05, 3.63) is 41.6 Å². The molecule has 0 spiro atoms. The first-order chi connectivity index (χ1) is 6.66. The molecule has 0 unspecified atom stereocenters. The molecule has 0 N–H and O–H groups in total. The second-order valence-corrected chi connectivity index (χ2v) is 3.37. The van der Waals surface area contributed by atoms with E-state index in [1.165, 1.54) is 16.3 Å². The van der Waals surface area contributed by atoms with Gasteiger partial charge in [0, 0.05) is 0 Å². The molecule has 0 saturated carbocycles. The minimum absolute atomic E-state index is 0. The van der Waals surface area contributed by atoms with E-state index in [9.17, 15) is 5.11 Å². The molecule has 2 aromatic rings. The summed E-state index contributed by atoms with van der Waals surface area (Å²) in [6.07, 6.45) is 0. The maximum atomic E-state index is 11.4. The number of nitrogens with zero attached hydrogens (tertiary/aromatic N) is 2. The van der Waals surface area contributed by atoms with Crippen LogP contribution in [0.2, 0.25) is 0 Å². The van der Waals surface area contributed by atoms with Crippen LogP contribution in [0, 0.1) is 13.8 Å². The zero-order chi connectivity index (χ0) is 10.1. The second-order valence-electron chi connectivity index (χ2n) is 3.37. The van der Waals surface area contributed by atoms with E-state index in [0.717, 1.165) is 11.4 Å². The summed E-state index contributed by atoms with van der Waals surface area (Å²) in [5.74, 6) is -0.0775. The quantitative estimate of drug-likeness (QED) is 0.541. The molecule has 4 heteroatoms. The number of aryl methyl sites for hydroxylation is 2. The monoisotopic (exact) mass is 210 g/mol. The molecule has 0 aliphatic carbocycles. The third-order valence-corrected chi connectivity index (χ3v) is 2.08. The maximum absolute atomic E-state index is 11.4. The van der Waals surface area contributed by atoms with Crippen LogP contribution < -0.4 is 34.7 Å². The summed E-state index contributed by atoms with van der Waals surface area (Å²) in [6, 6.07) is 9.24. The Bertz CT molecular complexity index is 448. The van der Waals surface area contributed by atoms with Crippen LogP contribution in [-0.2, 0) is 0 Å². The number of benzene rings is 1. The molecule has 0 aliphatic rings. The predicted molar refractivity (Wildman–Crippen MR) is 52.5 cm³/mol. The van der Waals surface area contributed by atoms with E-state index in [2.05, 4.69) is 5.10 Å². The minimum atomic E-state index is -0.0775. The largest absolute Gasteiger partial charge is 1.00 e.